The van der Waals surface area contributed by atoms with Gasteiger partial charge < -0.3 is 20.4 Å². The van der Waals surface area contributed by atoms with Crippen LogP contribution in [0, 0.1) is 27.7 Å². The second kappa shape index (κ2) is 21.8. The lowest BCUT2D eigenvalue weighted by molar-refractivity contribution is -0.0388. The molecule has 0 fully saturated rings. The summed E-state index contributed by atoms with van der Waals surface area (Å²) in [4.78, 5) is -0.266. The highest BCUT2D eigenvalue weighted by molar-refractivity contribution is 7.86. The van der Waals surface area contributed by atoms with Gasteiger partial charge in [-0.3, -0.25) is 18.2 Å². The van der Waals surface area contributed by atoms with Gasteiger partial charge in [-0.2, -0.15) is 33.7 Å². The Morgan fingerprint density at radius 1 is 0.365 bits per heavy atom. The Morgan fingerprint density at radius 2 is 0.500 bits per heavy atom. The van der Waals surface area contributed by atoms with Gasteiger partial charge in [0.15, 0.2) is 0 Å². The molecule has 52 heavy (non-hydrogen) atoms. The SMILES string of the molecule is Cc1ccc(S(=O)(=O)O)cc1.Cc1ccc(S(=O)(=O)O)cc1.Cc1ccc(S(=O)(=O)O)cc1.Cc1ccc(S(=O)(=O)O)cc1.OCC(O)C(O)CO. The summed E-state index contributed by atoms with van der Waals surface area (Å²) in [6, 6.07) is 24.0. The summed E-state index contributed by atoms with van der Waals surface area (Å²) in [5, 5.41) is 33.2. The van der Waals surface area contributed by atoms with Crippen molar-refractivity contribution in [1.29, 1.82) is 0 Å². The molecule has 4 aromatic carbocycles. The van der Waals surface area contributed by atoms with Gasteiger partial charge in [-0.25, -0.2) is 0 Å². The van der Waals surface area contributed by atoms with E-state index < -0.39 is 65.9 Å². The molecule has 4 rings (SSSR count). The fourth-order valence-electron chi connectivity index (χ4n) is 3.08. The standard InChI is InChI=1S/4C7H8O3S.C4H10O4/c4*1-6-2-4-7(5-3-6)11(8,9)10;5-1-3(7)4(8)2-6/h4*2-5H,1H3,(H,8,9,10);3-8H,1-2H2. The van der Waals surface area contributed by atoms with Crippen LogP contribution in [0.3, 0.4) is 0 Å². The maximum absolute atomic E-state index is 10.5. The van der Waals surface area contributed by atoms with Crippen molar-refractivity contribution < 1.29 is 72.3 Å². The minimum atomic E-state index is -4.02. The van der Waals surface area contributed by atoms with Crippen LogP contribution >= 0.6 is 0 Å². The molecule has 20 heteroatoms. The van der Waals surface area contributed by atoms with Gasteiger partial charge in [-0.15, -0.1) is 0 Å². The predicted octanol–water partition coefficient (Wildman–Crippen LogP) is 2.66. The molecule has 290 valence electrons. The van der Waals surface area contributed by atoms with E-state index in [4.69, 9.17) is 38.6 Å². The summed E-state index contributed by atoms with van der Waals surface area (Å²) < 4.78 is 118. The van der Waals surface area contributed by atoms with Crippen molar-refractivity contribution in [2.24, 2.45) is 0 Å². The topological polar surface area (TPSA) is 298 Å². The minimum Gasteiger partial charge on any atom is -0.394 e. The van der Waals surface area contributed by atoms with E-state index in [-0.39, 0.29) is 19.6 Å². The van der Waals surface area contributed by atoms with Gasteiger partial charge in [0.25, 0.3) is 40.5 Å². The van der Waals surface area contributed by atoms with Gasteiger partial charge in [0.2, 0.25) is 0 Å². The number of aryl methyl sites for hydroxylation is 4. The number of hydrogen-bond donors (Lipinski definition) is 8. The van der Waals surface area contributed by atoms with Crippen molar-refractivity contribution in [1.82, 2.24) is 0 Å². The van der Waals surface area contributed by atoms with E-state index in [1.807, 2.05) is 27.7 Å². The second-order valence-electron chi connectivity index (χ2n) is 10.7. The molecule has 0 saturated heterocycles. The van der Waals surface area contributed by atoms with Crippen molar-refractivity contribution in [2.45, 2.75) is 59.5 Å². The molecule has 0 spiro atoms. The van der Waals surface area contributed by atoms with E-state index in [0.717, 1.165) is 22.3 Å². The third kappa shape index (κ3) is 20.4. The lowest BCUT2D eigenvalue weighted by atomic mass is 10.2. The Morgan fingerprint density at radius 3 is 0.596 bits per heavy atom. The molecule has 0 aliphatic rings. The van der Waals surface area contributed by atoms with Crippen LogP contribution in [0.1, 0.15) is 22.3 Å². The van der Waals surface area contributed by atoms with Crippen molar-refractivity contribution in [2.75, 3.05) is 13.2 Å². The summed E-state index contributed by atoms with van der Waals surface area (Å²) in [5.74, 6) is 0. The maximum Gasteiger partial charge on any atom is 0.294 e. The Balaban J connectivity index is 0.000000628. The number of aliphatic hydroxyl groups excluding tert-OH is 4. The van der Waals surface area contributed by atoms with Gasteiger partial charge in [0.1, 0.15) is 12.2 Å². The molecule has 0 aliphatic heterocycles. The van der Waals surface area contributed by atoms with E-state index in [2.05, 4.69) is 0 Å². The van der Waals surface area contributed by atoms with Gasteiger partial charge in [0.05, 0.1) is 32.8 Å². The summed E-state index contributed by atoms with van der Waals surface area (Å²) in [7, 11) is -16.1. The molecule has 0 bridgehead atoms. The first-order valence-electron chi connectivity index (χ1n) is 14.5. The molecule has 0 heterocycles. The molecular weight excluding hydrogens is 769 g/mol. The van der Waals surface area contributed by atoms with Crippen LogP contribution in [0.25, 0.3) is 0 Å². The number of rotatable bonds is 7. The monoisotopic (exact) mass is 810 g/mol. The highest BCUT2D eigenvalue weighted by Gasteiger charge is 2.12. The molecule has 8 N–H and O–H groups in total. The van der Waals surface area contributed by atoms with Crippen LogP contribution in [-0.2, 0) is 40.5 Å². The minimum absolute atomic E-state index is 0.0666. The molecular formula is C32H42O16S4. The molecule has 2 atom stereocenters. The number of aliphatic hydroxyl groups is 4. The zero-order valence-electron chi connectivity index (χ0n) is 28.3. The Hall–Kier alpha value is -3.64. The molecule has 2 unspecified atom stereocenters. The first-order valence-corrected chi connectivity index (χ1v) is 20.2. The lowest BCUT2D eigenvalue weighted by Gasteiger charge is -2.10. The highest BCUT2D eigenvalue weighted by Crippen LogP contribution is 2.11. The summed E-state index contributed by atoms with van der Waals surface area (Å²) in [5.41, 5.74) is 3.82. The van der Waals surface area contributed by atoms with E-state index in [0.29, 0.717) is 0 Å². The maximum atomic E-state index is 10.5. The Kier molecular flexibility index (Phi) is 20.3. The van der Waals surface area contributed by atoms with Crippen molar-refractivity contribution >= 4 is 40.5 Å². The third-order valence-electron chi connectivity index (χ3n) is 6.09. The first kappa shape index (κ1) is 48.4. The largest absolute Gasteiger partial charge is 0.394 e. The van der Waals surface area contributed by atoms with Gasteiger partial charge >= 0.3 is 0 Å². The number of hydrogen-bond acceptors (Lipinski definition) is 12. The molecule has 0 aliphatic carbocycles. The summed E-state index contributed by atoms with van der Waals surface area (Å²) in [6.45, 7) is 6.31. The normalized spacial score (nSPS) is 12.5. The van der Waals surface area contributed by atoms with Crippen LogP contribution in [-0.4, -0.2) is 97.7 Å². The van der Waals surface area contributed by atoms with E-state index >= 15 is 0 Å². The van der Waals surface area contributed by atoms with Crippen LogP contribution in [0.4, 0.5) is 0 Å². The fourth-order valence-corrected chi connectivity index (χ4v) is 5.00. The average molecular weight is 811 g/mol. The van der Waals surface area contributed by atoms with Crippen LogP contribution in [0.2, 0.25) is 0 Å². The van der Waals surface area contributed by atoms with E-state index in [1.165, 1.54) is 48.5 Å². The van der Waals surface area contributed by atoms with Crippen LogP contribution < -0.4 is 0 Å². The zero-order chi connectivity index (χ0) is 40.5. The van der Waals surface area contributed by atoms with Gasteiger partial charge in [-0.05, 0) is 76.2 Å². The predicted molar refractivity (Wildman–Crippen MR) is 190 cm³/mol. The molecule has 16 nitrogen and oxygen atoms in total. The van der Waals surface area contributed by atoms with Crippen molar-refractivity contribution in [3.63, 3.8) is 0 Å². The van der Waals surface area contributed by atoms with E-state index in [9.17, 15) is 33.7 Å². The highest BCUT2D eigenvalue weighted by atomic mass is 32.2. The summed E-state index contributed by atoms with van der Waals surface area (Å²) in [6.07, 6.45) is -2.44. The van der Waals surface area contributed by atoms with Gasteiger partial charge in [0, 0.05) is 0 Å². The van der Waals surface area contributed by atoms with Crippen LogP contribution in [0.5, 0.6) is 0 Å². The smallest absolute Gasteiger partial charge is 0.294 e. The van der Waals surface area contributed by atoms with Crippen molar-refractivity contribution in [3.8, 4) is 0 Å². The fraction of sp³-hybridized carbons (Fsp3) is 0.250. The quantitative estimate of drug-likeness (QED) is 0.124. The van der Waals surface area contributed by atoms with Crippen LogP contribution in [0.15, 0.2) is 117 Å². The lowest BCUT2D eigenvalue weighted by Crippen LogP contribution is -2.31. The molecule has 0 aromatic heterocycles. The third-order valence-corrected chi connectivity index (χ3v) is 9.57. The van der Waals surface area contributed by atoms with E-state index in [1.54, 1.807) is 48.5 Å². The molecule has 0 radical (unpaired) electrons. The second-order valence-corrected chi connectivity index (χ2v) is 16.3. The molecule has 4 aromatic rings. The summed E-state index contributed by atoms with van der Waals surface area (Å²) >= 11 is 0. The molecule has 0 saturated carbocycles. The Bertz CT molecular complexity index is 1780. The molecule has 0 amide bonds. The van der Waals surface area contributed by atoms with Gasteiger partial charge in [-0.1, -0.05) is 70.8 Å². The number of benzene rings is 4. The zero-order valence-corrected chi connectivity index (χ0v) is 31.5. The average Bonchev–Trinajstić information content (AvgIpc) is 3.04. The van der Waals surface area contributed by atoms with Crippen molar-refractivity contribution in [3.05, 3.63) is 119 Å². The Labute approximate surface area is 303 Å². The first-order chi connectivity index (χ1) is 23.7.